The van der Waals surface area contributed by atoms with Crippen molar-refractivity contribution < 1.29 is 19.2 Å². The van der Waals surface area contributed by atoms with Crippen LogP contribution in [-0.2, 0) is 4.74 Å². The minimum atomic E-state index is -0.562. The van der Waals surface area contributed by atoms with Crippen molar-refractivity contribution in [2.45, 2.75) is 63.8 Å². The summed E-state index contributed by atoms with van der Waals surface area (Å²) in [4.78, 5) is 18.3. The van der Waals surface area contributed by atoms with E-state index in [4.69, 9.17) is 9.26 Å². The molecule has 1 aliphatic carbocycles. The molecular weight excluding hydrogens is 312 g/mol. The largest absolute Gasteiger partial charge is 0.389 e. The van der Waals surface area contributed by atoms with E-state index in [2.05, 4.69) is 20.4 Å². The summed E-state index contributed by atoms with van der Waals surface area (Å²) in [6.07, 6.45) is 3.44. The molecule has 8 heteroatoms. The highest BCUT2D eigenvalue weighted by molar-refractivity contribution is 5.90. The number of likely N-dealkylation sites (tertiary alicyclic amines) is 1. The first kappa shape index (κ1) is 17.3. The first-order chi connectivity index (χ1) is 11.5. The molecule has 2 heterocycles. The molecule has 2 N–H and O–H groups in total. The summed E-state index contributed by atoms with van der Waals surface area (Å²) in [5, 5.41) is 16.8. The highest BCUT2D eigenvalue weighted by atomic mass is 16.5. The van der Waals surface area contributed by atoms with Gasteiger partial charge in [0.15, 0.2) is 0 Å². The number of rotatable bonds is 8. The first-order valence-electron chi connectivity index (χ1n) is 8.71. The smallest absolute Gasteiger partial charge is 0.292 e. The van der Waals surface area contributed by atoms with Gasteiger partial charge in [-0.15, -0.1) is 0 Å². The predicted octanol–water partition coefficient (Wildman–Crippen LogP) is 0.885. The van der Waals surface area contributed by atoms with E-state index in [0.717, 1.165) is 32.2 Å². The molecule has 2 fully saturated rings. The van der Waals surface area contributed by atoms with Crippen molar-refractivity contribution in [1.29, 1.82) is 0 Å². The molecule has 1 amide bonds. The first-order valence-corrected chi connectivity index (χ1v) is 8.71. The van der Waals surface area contributed by atoms with Crippen LogP contribution in [0.25, 0.3) is 0 Å². The maximum absolute atomic E-state index is 12.0. The van der Waals surface area contributed by atoms with Gasteiger partial charge in [-0.1, -0.05) is 5.16 Å². The Balaban J connectivity index is 1.56. The van der Waals surface area contributed by atoms with Crippen LogP contribution in [0.15, 0.2) is 4.52 Å². The van der Waals surface area contributed by atoms with Crippen LogP contribution in [0.4, 0.5) is 0 Å². The molecule has 0 radical (unpaired) electrons. The zero-order valence-electron chi connectivity index (χ0n) is 14.3. The van der Waals surface area contributed by atoms with Gasteiger partial charge in [-0.25, -0.2) is 0 Å². The quantitative estimate of drug-likeness (QED) is 0.726. The fourth-order valence-corrected chi connectivity index (χ4v) is 2.89. The molecule has 1 saturated heterocycles. The lowest BCUT2D eigenvalue weighted by Crippen LogP contribution is -2.35. The molecule has 0 spiro atoms. The second-order valence-electron chi connectivity index (χ2n) is 6.89. The Morgan fingerprint density at radius 1 is 1.46 bits per heavy atom. The summed E-state index contributed by atoms with van der Waals surface area (Å²) in [6, 6.07) is 0.215. The summed E-state index contributed by atoms with van der Waals surface area (Å²) in [7, 11) is 0. The highest BCUT2D eigenvalue weighted by Gasteiger charge is 2.33. The third kappa shape index (κ3) is 4.52. The fourth-order valence-electron chi connectivity index (χ4n) is 2.89. The summed E-state index contributed by atoms with van der Waals surface area (Å²) >= 11 is 0. The van der Waals surface area contributed by atoms with Gasteiger partial charge in [0.2, 0.25) is 5.89 Å². The van der Waals surface area contributed by atoms with E-state index < -0.39 is 6.10 Å². The lowest BCUT2D eigenvalue weighted by atomic mass is 10.2. The van der Waals surface area contributed by atoms with Gasteiger partial charge in [0.05, 0.1) is 24.9 Å². The zero-order chi connectivity index (χ0) is 17.1. The van der Waals surface area contributed by atoms with Gasteiger partial charge in [-0.05, 0) is 46.1 Å². The van der Waals surface area contributed by atoms with E-state index in [1.165, 1.54) is 0 Å². The van der Waals surface area contributed by atoms with Gasteiger partial charge in [0, 0.05) is 12.6 Å². The van der Waals surface area contributed by atoms with E-state index in [-0.39, 0.29) is 29.9 Å². The Hall–Kier alpha value is -1.51. The third-order valence-corrected chi connectivity index (χ3v) is 4.27. The lowest BCUT2D eigenvalue weighted by molar-refractivity contribution is -0.0115. The van der Waals surface area contributed by atoms with Crippen LogP contribution in [0.3, 0.4) is 0 Å². The Labute approximate surface area is 141 Å². The van der Waals surface area contributed by atoms with Crippen molar-refractivity contribution in [3.05, 3.63) is 11.7 Å². The van der Waals surface area contributed by atoms with E-state index in [9.17, 15) is 9.90 Å². The van der Waals surface area contributed by atoms with Crippen molar-refractivity contribution in [3.8, 4) is 0 Å². The van der Waals surface area contributed by atoms with Crippen molar-refractivity contribution in [2.24, 2.45) is 0 Å². The van der Waals surface area contributed by atoms with Crippen molar-refractivity contribution >= 4 is 5.91 Å². The van der Waals surface area contributed by atoms with E-state index in [1.807, 2.05) is 13.8 Å². The molecule has 2 aliphatic rings. The number of aliphatic hydroxyl groups excluding tert-OH is 1. The van der Waals surface area contributed by atoms with Gasteiger partial charge in [0.25, 0.3) is 11.7 Å². The maximum Gasteiger partial charge on any atom is 0.292 e. The summed E-state index contributed by atoms with van der Waals surface area (Å²) in [5.74, 6) is 0.264. The Morgan fingerprint density at radius 2 is 2.25 bits per heavy atom. The molecule has 1 saturated carbocycles. The zero-order valence-corrected chi connectivity index (χ0v) is 14.3. The van der Waals surface area contributed by atoms with Crippen LogP contribution < -0.4 is 5.32 Å². The standard InChI is InChI=1S/C16H26N4O4/c1-10(2)23-9-12(21)8-20-7-3-4-13(20)16-18-14(19-24-16)15(22)17-11-5-6-11/h10-13,21H,3-9H2,1-2H3,(H,17,22). The minimum Gasteiger partial charge on any atom is -0.389 e. The molecule has 3 rings (SSSR count). The number of ether oxygens (including phenoxy) is 1. The van der Waals surface area contributed by atoms with E-state index in [0.29, 0.717) is 19.0 Å². The number of aromatic nitrogens is 2. The molecule has 24 heavy (non-hydrogen) atoms. The molecule has 2 atom stereocenters. The number of carbonyl (C=O) groups excluding carboxylic acids is 1. The Bertz CT molecular complexity index is 558. The monoisotopic (exact) mass is 338 g/mol. The molecule has 134 valence electrons. The summed E-state index contributed by atoms with van der Waals surface area (Å²) in [5.41, 5.74) is 0. The molecule has 0 bridgehead atoms. The van der Waals surface area contributed by atoms with Gasteiger partial charge >= 0.3 is 0 Å². The van der Waals surface area contributed by atoms with Crippen LogP contribution >= 0.6 is 0 Å². The average Bonchev–Trinajstić information content (AvgIpc) is 3.03. The Morgan fingerprint density at radius 3 is 2.96 bits per heavy atom. The number of hydrogen-bond donors (Lipinski definition) is 2. The van der Waals surface area contributed by atoms with Gasteiger partial charge in [0.1, 0.15) is 0 Å². The Kier molecular flexibility index (Phi) is 5.47. The lowest BCUT2D eigenvalue weighted by Gasteiger charge is -2.24. The van der Waals surface area contributed by atoms with Crippen LogP contribution in [0.5, 0.6) is 0 Å². The van der Waals surface area contributed by atoms with Crippen LogP contribution in [0.2, 0.25) is 0 Å². The van der Waals surface area contributed by atoms with Crippen LogP contribution in [0, 0.1) is 0 Å². The second kappa shape index (κ2) is 7.58. The number of amides is 1. The van der Waals surface area contributed by atoms with Gasteiger partial charge in [-0.2, -0.15) is 4.98 Å². The summed E-state index contributed by atoms with van der Waals surface area (Å²) in [6.45, 7) is 5.54. The number of nitrogens with one attached hydrogen (secondary N) is 1. The molecule has 0 aromatic carbocycles. The molecule has 1 aromatic heterocycles. The van der Waals surface area contributed by atoms with E-state index in [1.54, 1.807) is 0 Å². The van der Waals surface area contributed by atoms with Crippen molar-refractivity contribution in [1.82, 2.24) is 20.4 Å². The third-order valence-electron chi connectivity index (χ3n) is 4.27. The van der Waals surface area contributed by atoms with Crippen LogP contribution in [0.1, 0.15) is 62.1 Å². The van der Waals surface area contributed by atoms with E-state index >= 15 is 0 Å². The normalized spacial score (nSPS) is 22.9. The van der Waals surface area contributed by atoms with Crippen LogP contribution in [-0.4, -0.2) is 64.0 Å². The fraction of sp³-hybridized carbons (Fsp3) is 0.812. The number of nitrogens with zero attached hydrogens (tertiary/aromatic N) is 3. The molecule has 1 aromatic rings. The van der Waals surface area contributed by atoms with Crippen molar-refractivity contribution in [2.75, 3.05) is 19.7 Å². The predicted molar refractivity (Wildman–Crippen MR) is 85.4 cm³/mol. The minimum absolute atomic E-state index is 0.0475. The van der Waals surface area contributed by atoms with Gasteiger partial charge < -0.3 is 19.7 Å². The highest BCUT2D eigenvalue weighted by Crippen LogP contribution is 2.31. The average molecular weight is 338 g/mol. The number of aliphatic hydroxyl groups is 1. The SMILES string of the molecule is CC(C)OCC(O)CN1CCCC1c1nc(C(=O)NC2CC2)no1. The molecular formula is C16H26N4O4. The number of β-amino-alcohol motifs (C(OH)–C–C–N with tert-alkyl or cyclic N) is 1. The molecule has 8 nitrogen and oxygen atoms in total. The van der Waals surface area contributed by atoms with Crippen molar-refractivity contribution in [3.63, 3.8) is 0 Å². The molecule has 1 aliphatic heterocycles. The molecule has 2 unspecified atom stereocenters. The topological polar surface area (TPSA) is 101 Å². The van der Waals surface area contributed by atoms with Gasteiger partial charge in [-0.3, -0.25) is 9.69 Å². The number of carbonyl (C=O) groups is 1. The maximum atomic E-state index is 12.0. The second-order valence-corrected chi connectivity index (χ2v) is 6.89. The number of hydrogen-bond acceptors (Lipinski definition) is 7. The summed E-state index contributed by atoms with van der Waals surface area (Å²) < 4.78 is 10.8.